The fourth-order valence-electron chi connectivity index (χ4n) is 9.46. The molecule has 2 aliphatic rings. The van der Waals surface area contributed by atoms with Crippen molar-refractivity contribution < 1.29 is 62.2 Å². The third-order valence-electron chi connectivity index (χ3n) is 13.2. The lowest BCUT2D eigenvalue weighted by Gasteiger charge is -2.57. The molecule has 6 nitrogen and oxygen atoms in total. The molecule has 5 aromatic rings. The third kappa shape index (κ3) is 13.3. The summed E-state index contributed by atoms with van der Waals surface area (Å²) in [4.78, 5) is 0. The van der Waals surface area contributed by atoms with E-state index in [1.807, 2.05) is 91.0 Å². The Morgan fingerprint density at radius 2 is 0.829 bits per heavy atom. The van der Waals surface area contributed by atoms with Crippen molar-refractivity contribution in [2.24, 2.45) is 17.2 Å². The fraction of sp³-hybridized carbons (Fsp3) is 0.423. The SMILES string of the molecule is C.C[C@@H](OCC1(c2ccccc2)CC(CN)(NCc2ccccc2)C1)c1cc(C(F)(F)F)cc(C(F)(F)F)c1.C[C@@H](OCC1(c2ccccc2)CC(N)(CN)C1)c1cc(C(F)(F)F)cc(C(F)(F)F)c1. The van der Waals surface area contributed by atoms with Crippen LogP contribution in [0, 0.1) is 0 Å². The van der Waals surface area contributed by atoms with Gasteiger partial charge in [-0.25, -0.2) is 0 Å². The summed E-state index contributed by atoms with van der Waals surface area (Å²) >= 11 is 0. The standard InChI is InChI=1S/C29H30F6N2O.C22H24F6N2O.CH4/c1-20(22-12-24(28(30,31)32)14-25(13-22)29(33,34)35)38-19-26(23-10-6-3-7-11-23)16-27(17-26,18-36)37-15-21-8-4-2-5-9-21;1-14(15-7-17(21(23,24)25)9-18(8-15)22(26,27)28)31-13-19(10-20(30,11-19)12-29)16-5-3-2-4-6-16;/h2-14,20,37H,15-19,36H2,1H3;2-9,14H,10-13,29-30H2,1H3;1H4/t20-,26?,27?;14-,19?,20?;/m11./s1. The van der Waals surface area contributed by atoms with Gasteiger partial charge >= 0.3 is 24.7 Å². The minimum Gasteiger partial charge on any atom is -0.373 e. The van der Waals surface area contributed by atoms with E-state index < -0.39 is 75.5 Å². The summed E-state index contributed by atoms with van der Waals surface area (Å²) < 4.78 is 171. The lowest BCUT2D eigenvalue weighted by Crippen LogP contribution is -2.67. The molecule has 70 heavy (non-hydrogen) atoms. The number of alkyl halides is 12. The van der Waals surface area contributed by atoms with Crippen molar-refractivity contribution in [3.05, 3.63) is 177 Å². The van der Waals surface area contributed by atoms with Crippen LogP contribution >= 0.6 is 0 Å². The highest BCUT2D eigenvalue weighted by Gasteiger charge is 2.55. The maximum Gasteiger partial charge on any atom is 0.416 e. The first kappa shape index (κ1) is 55.9. The lowest BCUT2D eigenvalue weighted by atomic mass is 9.54. The topological polar surface area (TPSA) is 109 Å². The quantitative estimate of drug-likeness (QED) is 0.0778. The van der Waals surface area contributed by atoms with Gasteiger partial charge in [-0.2, -0.15) is 52.7 Å². The highest BCUT2D eigenvalue weighted by atomic mass is 19.4. The monoisotopic (exact) mass is 998 g/mol. The van der Waals surface area contributed by atoms with Crippen LogP contribution in [0.4, 0.5) is 52.7 Å². The van der Waals surface area contributed by atoms with Gasteiger partial charge in [-0.05, 0) is 104 Å². The van der Waals surface area contributed by atoms with Crippen molar-refractivity contribution in [3.63, 3.8) is 0 Å². The van der Waals surface area contributed by atoms with Crippen molar-refractivity contribution in [3.8, 4) is 0 Å². The Hall–Kier alpha value is -4.98. The van der Waals surface area contributed by atoms with Crippen molar-refractivity contribution in [2.45, 2.75) is 112 Å². The molecule has 0 bridgehead atoms. The van der Waals surface area contributed by atoms with Gasteiger partial charge in [0.25, 0.3) is 0 Å². The minimum atomic E-state index is -4.92. The predicted molar refractivity (Wildman–Crippen MR) is 244 cm³/mol. The van der Waals surface area contributed by atoms with E-state index in [-0.39, 0.29) is 56.0 Å². The smallest absolute Gasteiger partial charge is 0.373 e. The van der Waals surface area contributed by atoms with E-state index in [4.69, 9.17) is 26.7 Å². The fourth-order valence-corrected chi connectivity index (χ4v) is 9.46. The summed E-state index contributed by atoms with van der Waals surface area (Å²) in [7, 11) is 0. The van der Waals surface area contributed by atoms with Gasteiger partial charge in [0, 0.05) is 41.5 Å². The zero-order chi connectivity index (χ0) is 50.7. The average Bonchev–Trinajstić information content (AvgIpc) is 3.29. The molecule has 0 unspecified atom stereocenters. The number of halogens is 12. The molecule has 7 N–H and O–H groups in total. The number of rotatable bonds is 15. The van der Waals surface area contributed by atoms with Crippen molar-refractivity contribution in [2.75, 3.05) is 26.3 Å². The largest absolute Gasteiger partial charge is 0.416 e. The van der Waals surface area contributed by atoms with Crippen LogP contribution < -0.4 is 22.5 Å². The first-order valence-corrected chi connectivity index (χ1v) is 22.0. The van der Waals surface area contributed by atoms with Gasteiger partial charge in [-0.3, -0.25) is 0 Å². The highest BCUT2D eigenvalue weighted by molar-refractivity contribution is 5.38. The zero-order valence-corrected chi connectivity index (χ0v) is 37.7. The molecule has 18 heteroatoms. The summed E-state index contributed by atoms with van der Waals surface area (Å²) in [6, 6.07) is 31.9. The van der Waals surface area contributed by atoms with Gasteiger partial charge in [0.05, 0.1) is 47.7 Å². The molecule has 2 saturated carbocycles. The number of ether oxygens (including phenoxy) is 2. The Kier molecular flexibility index (Phi) is 17.1. The van der Waals surface area contributed by atoms with Crippen LogP contribution in [0.15, 0.2) is 127 Å². The minimum absolute atomic E-state index is 0. The van der Waals surface area contributed by atoms with Gasteiger partial charge in [-0.15, -0.1) is 0 Å². The normalized spacial score (nSPS) is 23.4. The molecule has 0 saturated heterocycles. The second kappa shape index (κ2) is 21.4. The van der Waals surface area contributed by atoms with Gasteiger partial charge in [0.1, 0.15) is 0 Å². The molecule has 0 aliphatic heterocycles. The van der Waals surface area contributed by atoms with E-state index in [9.17, 15) is 52.7 Å². The number of nitrogens with one attached hydrogen (secondary N) is 1. The van der Waals surface area contributed by atoms with Gasteiger partial charge in [0.2, 0.25) is 0 Å². The second-order valence-electron chi connectivity index (χ2n) is 18.5. The molecule has 0 amide bonds. The third-order valence-corrected chi connectivity index (χ3v) is 13.2. The summed E-state index contributed by atoms with van der Waals surface area (Å²) in [5.74, 6) is 0. The van der Waals surface area contributed by atoms with Crippen LogP contribution in [-0.4, -0.2) is 37.4 Å². The van der Waals surface area contributed by atoms with Crippen molar-refractivity contribution in [1.82, 2.24) is 5.32 Å². The Morgan fingerprint density at radius 1 is 0.500 bits per heavy atom. The summed E-state index contributed by atoms with van der Waals surface area (Å²) in [6.07, 6.45) is -19.4. The van der Waals surface area contributed by atoms with E-state index in [2.05, 4.69) is 5.32 Å². The van der Waals surface area contributed by atoms with Crippen LogP contribution in [0.25, 0.3) is 0 Å². The summed E-state index contributed by atoms with van der Waals surface area (Å²) in [5, 5.41) is 3.56. The molecule has 0 heterocycles. The molecular formula is C52H58F12N4O2. The predicted octanol–water partition coefficient (Wildman–Crippen LogP) is 12.8. The average molecular weight is 999 g/mol. The van der Waals surface area contributed by atoms with Gasteiger partial charge in [-0.1, -0.05) is 98.4 Å². The number of hydrogen-bond acceptors (Lipinski definition) is 6. The zero-order valence-electron chi connectivity index (χ0n) is 37.7. The van der Waals surface area contributed by atoms with Crippen LogP contribution in [0.3, 0.4) is 0 Å². The molecule has 0 aromatic heterocycles. The van der Waals surface area contributed by atoms with Crippen LogP contribution in [-0.2, 0) is 51.6 Å². The number of hydrogen-bond donors (Lipinski definition) is 4. The van der Waals surface area contributed by atoms with E-state index >= 15 is 0 Å². The molecular weight excluding hydrogens is 941 g/mol. The second-order valence-corrected chi connectivity index (χ2v) is 18.5. The van der Waals surface area contributed by atoms with E-state index in [0.29, 0.717) is 50.9 Å². The lowest BCUT2D eigenvalue weighted by molar-refractivity contribution is -0.145. The van der Waals surface area contributed by atoms with Gasteiger partial charge in [0.15, 0.2) is 0 Å². The van der Waals surface area contributed by atoms with Crippen molar-refractivity contribution >= 4 is 0 Å². The number of nitrogens with two attached hydrogens (primary N) is 3. The van der Waals surface area contributed by atoms with E-state index in [1.165, 1.54) is 13.8 Å². The first-order valence-electron chi connectivity index (χ1n) is 22.0. The molecule has 0 spiro atoms. The Bertz CT molecular complexity index is 2390. The summed E-state index contributed by atoms with van der Waals surface area (Å²) in [5.41, 5.74) is 13.4. The molecule has 2 aliphatic carbocycles. The Morgan fingerprint density at radius 3 is 1.14 bits per heavy atom. The number of benzene rings is 5. The van der Waals surface area contributed by atoms with E-state index in [1.54, 1.807) is 0 Å². The van der Waals surface area contributed by atoms with Crippen molar-refractivity contribution in [1.29, 1.82) is 0 Å². The summed E-state index contributed by atoms with van der Waals surface area (Å²) in [6.45, 7) is 4.36. The molecule has 382 valence electrons. The van der Waals surface area contributed by atoms with Crippen LogP contribution in [0.2, 0.25) is 0 Å². The van der Waals surface area contributed by atoms with Gasteiger partial charge < -0.3 is 32.0 Å². The van der Waals surface area contributed by atoms with E-state index in [0.717, 1.165) is 28.8 Å². The molecule has 0 radical (unpaired) electrons. The first-order chi connectivity index (χ1) is 32.1. The van der Waals surface area contributed by atoms with Crippen LogP contribution in [0.5, 0.6) is 0 Å². The Balaban J connectivity index is 0.000000262. The van der Waals surface area contributed by atoms with Crippen LogP contribution in [0.1, 0.15) is 109 Å². The maximum absolute atomic E-state index is 13.4. The molecule has 2 fully saturated rings. The molecule has 5 aromatic carbocycles. The maximum atomic E-state index is 13.4. The Labute approximate surface area is 399 Å². The molecule has 7 rings (SSSR count). The highest BCUT2D eigenvalue weighted by Crippen LogP contribution is 2.52. The molecule has 2 atom stereocenters.